The maximum atomic E-state index is 11.8. The monoisotopic (exact) mass is 251 g/mol. The molecule has 0 aliphatic rings. The van der Waals surface area contributed by atoms with E-state index in [4.69, 9.17) is 10.5 Å². The summed E-state index contributed by atoms with van der Waals surface area (Å²) in [5.41, 5.74) is 7.98. The molecule has 0 bridgehead atoms. The number of hydrogen-bond acceptors (Lipinski definition) is 4. The van der Waals surface area contributed by atoms with Crippen LogP contribution in [0.25, 0.3) is 0 Å². The SMILES string of the molecule is COCCCNC(=O)c1ccc(N(C)C)c(N)c1. The first-order valence-corrected chi connectivity index (χ1v) is 5.90. The number of nitrogens with one attached hydrogen (secondary N) is 1. The van der Waals surface area contributed by atoms with Crippen molar-refractivity contribution in [1.82, 2.24) is 5.32 Å². The van der Waals surface area contributed by atoms with Crippen molar-refractivity contribution in [2.75, 3.05) is 45.0 Å². The lowest BCUT2D eigenvalue weighted by Gasteiger charge is -2.15. The number of ether oxygens (including phenoxy) is 1. The van der Waals surface area contributed by atoms with Crippen LogP contribution in [0.1, 0.15) is 16.8 Å². The van der Waals surface area contributed by atoms with Crippen molar-refractivity contribution in [2.45, 2.75) is 6.42 Å². The normalized spacial score (nSPS) is 10.2. The van der Waals surface area contributed by atoms with E-state index in [-0.39, 0.29) is 5.91 Å². The van der Waals surface area contributed by atoms with Crippen molar-refractivity contribution in [3.63, 3.8) is 0 Å². The van der Waals surface area contributed by atoms with Gasteiger partial charge in [-0.05, 0) is 24.6 Å². The van der Waals surface area contributed by atoms with Crippen LogP contribution in [-0.4, -0.2) is 40.3 Å². The zero-order valence-corrected chi connectivity index (χ0v) is 11.2. The van der Waals surface area contributed by atoms with Gasteiger partial charge in [0.05, 0.1) is 11.4 Å². The second kappa shape index (κ2) is 6.86. The van der Waals surface area contributed by atoms with Gasteiger partial charge >= 0.3 is 0 Å². The summed E-state index contributed by atoms with van der Waals surface area (Å²) in [4.78, 5) is 13.7. The van der Waals surface area contributed by atoms with Crippen molar-refractivity contribution in [2.24, 2.45) is 0 Å². The summed E-state index contributed by atoms with van der Waals surface area (Å²) in [7, 11) is 5.47. The first-order valence-electron chi connectivity index (χ1n) is 5.90. The Labute approximate surface area is 108 Å². The van der Waals surface area contributed by atoms with Crippen molar-refractivity contribution < 1.29 is 9.53 Å². The lowest BCUT2D eigenvalue weighted by Crippen LogP contribution is -2.25. The van der Waals surface area contributed by atoms with Crippen LogP contribution in [0.3, 0.4) is 0 Å². The number of amides is 1. The molecule has 0 aliphatic heterocycles. The van der Waals surface area contributed by atoms with E-state index in [1.54, 1.807) is 19.2 Å². The Morgan fingerprint density at radius 3 is 2.72 bits per heavy atom. The largest absolute Gasteiger partial charge is 0.397 e. The van der Waals surface area contributed by atoms with Gasteiger partial charge in [0, 0.05) is 39.9 Å². The molecule has 0 atom stereocenters. The number of benzene rings is 1. The molecule has 0 saturated carbocycles. The van der Waals surface area contributed by atoms with E-state index in [2.05, 4.69) is 5.32 Å². The molecule has 1 amide bonds. The number of nitrogen functional groups attached to an aromatic ring is 1. The highest BCUT2D eigenvalue weighted by atomic mass is 16.5. The molecule has 3 N–H and O–H groups in total. The topological polar surface area (TPSA) is 67.6 Å². The van der Waals surface area contributed by atoms with Gasteiger partial charge in [-0.2, -0.15) is 0 Å². The van der Waals surface area contributed by atoms with Gasteiger partial charge < -0.3 is 20.7 Å². The van der Waals surface area contributed by atoms with Gasteiger partial charge in [0.2, 0.25) is 0 Å². The number of hydrogen-bond donors (Lipinski definition) is 2. The molecule has 1 rings (SSSR count). The van der Waals surface area contributed by atoms with E-state index in [0.717, 1.165) is 12.1 Å². The molecule has 0 saturated heterocycles. The zero-order chi connectivity index (χ0) is 13.5. The van der Waals surface area contributed by atoms with E-state index in [1.165, 1.54) is 0 Å². The Bertz CT molecular complexity index is 405. The van der Waals surface area contributed by atoms with Gasteiger partial charge in [0.25, 0.3) is 5.91 Å². The number of rotatable bonds is 6. The number of anilines is 2. The third kappa shape index (κ3) is 3.92. The van der Waals surface area contributed by atoms with Crippen LogP contribution >= 0.6 is 0 Å². The Morgan fingerprint density at radius 1 is 1.44 bits per heavy atom. The summed E-state index contributed by atoms with van der Waals surface area (Å²) in [5, 5.41) is 2.82. The molecule has 0 heterocycles. The molecule has 5 nitrogen and oxygen atoms in total. The van der Waals surface area contributed by atoms with Gasteiger partial charge in [0.15, 0.2) is 0 Å². The first kappa shape index (κ1) is 14.3. The fourth-order valence-electron chi connectivity index (χ4n) is 1.62. The van der Waals surface area contributed by atoms with Gasteiger partial charge in [0.1, 0.15) is 0 Å². The third-order valence-electron chi connectivity index (χ3n) is 2.58. The molecule has 0 aliphatic carbocycles. The Balaban J connectivity index is 2.61. The molecule has 100 valence electrons. The van der Waals surface area contributed by atoms with Gasteiger partial charge in [-0.1, -0.05) is 0 Å². The van der Waals surface area contributed by atoms with Crippen molar-refractivity contribution in [1.29, 1.82) is 0 Å². The fourth-order valence-corrected chi connectivity index (χ4v) is 1.62. The summed E-state index contributed by atoms with van der Waals surface area (Å²) in [6.45, 7) is 1.24. The van der Waals surface area contributed by atoms with Crippen molar-refractivity contribution >= 4 is 17.3 Å². The predicted octanol–water partition coefficient (Wildman–Crippen LogP) is 1.10. The van der Waals surface area contributed by atoms with Crippen molar-refractivity contribution in [3.8, 4) is 0 Å². The van der Waals surface area contributed by atoms with Gasteiger partial charge in [-0.15, -0.1) is 0 Å². The molecule has 18 heavy (non-hydrogen) atoms. The summed E-state index contributed by atoms with van der Waals surface area (Å²) >= 11 is 0. The van der Waals surface area contributed by atoms with Crippen LogP contribution in [0.4, 0.5) is 11.4 Å². The Hall–Kier alpha value is -1.75. The molecular formula is C13H21N3O2. The molecule has 1 aromatic rings. The predicted molar refractivity (Wildman–Crippen MR) is 74.0 cm³/mol. The second-order valence-corrected chi connectivity index (χ2v) is 4.27. The number of carbonyl (C=O) groups excluding carboxylic acids is 1. The fraction of sp³-hybridized carbons (Fsp3) is 0.462. The average molecular weight is 251 g/mol. The Morgan fingerprint density at radius 2 is 2.17 bits per heavy atom. The summed E-state index contributed by atoms with van der Waals surface area (Å²) in [6, 6.07) is 5.32. The average Bonchev–Trinajstić information content (AvgIpc) is 2.33. The molecule has 0 spiro atoms. The highest BCUT2D eigenvalue weighted by Gasteiger charge is 2.08. The van der Waals surface area contributed by atoms with E-state index in [1.807, 2.05) is 25.1 Å². The number of methoxy groups -OCH3 is 1. The molecule has 0 fully saturated rings. The summed E-state index contributed by atoms with van der Waals surface area (Å²) in [5.74, 6) is -0.108. The minimum Gasteiger partial charge on any atom is -0.397 e. The first-order chi connectivity index (χ1) is 8.56. The molecular weight excluding hydrogens is 230 g/mol. The maximum absolute atomic E-state index is 11.8. The highest BCUT2D eigenvalue weighted by Crippen LogP contribution is 2.22. The summed E-state index contributed by atoms with van der Waals surface area (Å²) < 4.78 is 4.91. The zero-order valence-electron chi connectivity index (χ0n) is 11.2. The van der Waals surface area contributed by atoms with E-state index < -0.39 is 0 Å². The summed E-state index contributed by atoms with van der Waals surface area (Å²) in [6.07, 6.45) is 0.799. The standard InChI is InChI=1S/C13H21N3O2/c1-16(2)12-6-5-10(9-11(12)14)13(17)15-7-4-8-18-3/h5-6,9H,4,7-8,14H2,1-3H3,(H,15,17). The minimum atomic E-state index is -0.108. The van der Waals surface area contributed by atoms with Gasteiger partial charge in [-0.25, -0.2) is 0 Å². The lowest BCUT2D eigenvalue weighted by molar-refractivity contribution is 0.0948. The van der Waals surface area contributed by atoms with Crippen LogP contribution in [0, 0.1) is 0 Å². The maximum Gasteiger partial charge on any atom is 0.251 e. The molecule has 0 radical (unpaired) electrons. The lowest BCUT2D eigenvalue weighted by atomic mass is 10.1. The van der Waals surface area contributed by atoms with E-state index in [9.17, 15) is 4.79 Å². The molecule has 5 heteroatoms. The van der Waals surface area contributed by atoms with Crippen LogP contribution < -0.4 is 16.0 Å². The van der Waals surface area contributed by atoms with E-state index in [0.29, 0.717) is 24.4 Å². The molecule has 0 aromatic heterocycles. The third-order valence-corrected chi connectivity index (χ3v) is 2.58. The van der Waals surface area contributed by atoms with Crippen LogP contribution in [0.15, 0.2) is 18.2 Å². The van der Waals surface area contributed by atoms with Crippen molar-refractivity contribution in [3.05, 3.63) is 23.8 Å². The number of nitrogens with zero attached hydrogens (tertiary/aromatic N) is 1. The van der Waals surface area contributed by atoms with Gasteiger partial charge in [-0.3, -0.25) is 4.79 Å². The van der Waals surface area contributed by atoms with Crippen LogP contribution in [0.2, 0.25) is 0 Å². The highest BCUT2D eigenvalue weighted by molar-refractivity contribution is 5.96. The smallest absolute Gasteiger partial charge is 0.251 e. The van der Waals surface area contributed by atoms with E-state index >= 15 is 0 Å². The second-order valence-electron chi connectivity index (χ2n) is 4.27. The quantitative estimate of drug-likeness (QED) is 0.587. The van der Waals surface area contributed by atoms with Crippen LogP contribution in [-0.2, 0) is 4.74 Å². The van der Waals surface area contributed by atoms with Crippen LogP contribution in [0.5, 0.6) is 0 Å². The number of nitrogens with two attached hydrogens (primary N) is 1. The minimum absolute atomic E-state index is 0.108. The number of carbonyl (C=O) groups is 1. The molecule has 0 unspecified atom stereocenters. The Kier molecular flexibility index (Phi) is 5.45. The molecule has 1 aromatic carbocycles.